The van der Waals surface area contributed by atoms with Crippen molar-refractivity contribution >= 4 is 38.1 Å². The zero-order chi connectivity index (χ0) is 25.2. The van der Waals surface area contributed by atoms with Gasteiger partial charge in [-0.3, -0.25) is 9.52 Å². The molecular formula is C26H31N3O4S2. The zero-order valence-corrected chi connectivity index (χ0v) is 22.1. The first-order chi connectivity index (χ1) is 16.7. The monoisotopic (exact) mass is 513 g/mol. The van der Waals surface area contributed by atoms with E-state index in [0.29, 0.717) is 28.7 Å². The van der Waals surface area contributed by atoms with Crippen LogP contribution in [0.3, 0.4) is 0 Å². The van der Waals surface area contributed by atoms with E-state index in [1.807, 2.05) is 26.8 Å². The first-order valence-corrected chi connectivity index (χ1v) is 14.0. The summed E-state index contributed by atoms with van der Waals surface area (Å²) in [7, 11) is -2.47. The van der Waals surface area contributed by atoms with Gasteiger partial charge in [0.05, 0.1) is 17.7 Å². The van der Waals surface area contributed by atoms with Gasteiger partial charge in [0.15, 0.2) is 5.13 Å². The molecule has 4 rings (SSSR count). The van der Waals surface area contributed by atoms with Gasteiger partial charge >= 0.3 is 0 Å². The first-order valence-electron chi connectivity index (χ1n) is 11.7. The Kier molecular flexibility index (Phi) is 7.47. The summed E-state index contributed by atoms with van der Waals surface area (Å²) in [5.41, 5.74) is 3.98. The van der Waals surface area contributed by atoms with Crippen LogP contribution in [0.5, 0.6) is 5.75 Å². The summed E-state index contributed by atoms with van der Waals surface area (Å²) < 4.78 is 34.6. The van der Waals surface area contributed by atoms with E-state index in [4.69, 9.17) is 4.74 Å². The number of carbonyl (C=O) groups excluding carboxylic acids is 1. The number of aryl methyl sites for hydroxylation is 3. The molecule has 186 valence electrons. The van der Waals surface area contributed by atoms with E-state index in [1.165, 1.54) is 31.3 Å². The van der Waals surface area contributed by atoms with Gasteiger partial charge in [0.1, 0.15) is 10.6 Å². The number of sulfonamides is 1. The van der Waals surface area contributed by atoms with Crippen molar-refractivity contribution in [2.75, 3.05) is 17.1 Å². The van der Waals surface area contributed by atoms with Crippen LogP contribution in [0.1, 0.15) is 48.9 Å². The average Bonchev–Trinajstić information content (AvgIpc) is 3.45. The van der Waals surface area contributed by atoms with Crippen molar-refractivity contribution in [1.82, 2.24) is 4.98 Å². The van der Waals surface area contributed by atoms with Crippen molar-refractivity contribution in [2.45, 2.75) is 57.8 Å². The van der Waals surface area contributed by atoms with Crippen molar-refractivity contribution in [3.05, 3.63) is 53.2 Å². The Hall–Kier alpha value is -2.91. The number of nitrogens with zero attached hydrogens (tertiary/aromatic N) is 1. The molecule has 0 aliphatic heterocycles. The molecule has 7 nitrogen and oxygen atoms in total. The Bertz CT molecular complexity index is 1340. The van der Waals surface area contributed by atoms with Gasteiger partial charge in [-0.2, -0.15) is 0 Å². The molecule has 1 aliphatic rings. The number of hydrogen-bond acceptors (Lipinski definition) is 6. The highest BCUT2D eigenvalue weighted by molar-refractivity contribution is 7.92. The molecule has 1 fully saturated rings. The molecule has 35 heavy (non-hydrogen) atoms. The molecular weight excluding hydrogens is 482 g/mol. The van der Waals surface area contributed by atoms with Crippen LogP contribution in [0.4, 0.5) is 10.8 Å². The number of benzene rings is 2. The van der Waals surface area contributed by atoms with Gasteiger partial charge in [0.2, 0.25) is 5.91 Å². The second-order valence-corrected chi connectivity index (χ2v) is 11.8. The van der Waals surface area contributed by atoms with Crippen LogP contribution in [0.25, 0.3) is 10.4 Å². The summed E-state index contributed by atoms with van der Waals surface area (Å²) >= 11 is 1.34. The Labute approximate surface area is 211 Å². The van der Waals surface area contributed by atoms with Crippen LogP contribution in [-0.4, -0.2) is 26.4 Å². The lowest BCUT2D eigenvalue weighted by molar-refractivity contribution is -0.117. The predicted molar refractivity (Wildman–Crippen MR) is 141 cm³/mol. The highest BCUT2D eigenvalue weighted by Crippen LogP contribution is 2.37. The van der Waals surface area contributed by atoms with E-state index in [9.17, 15) is 13.2 Å². The van der Waals surface area contributed by atoms with Gasteiger partial charge < -0.3 is 10.1 Å². The van der Waals surface area contributed by atoms with Gasteiger partial charge in [-0.15, -0.1) is 0 Å². The molecule has 1 aromatic heterocycles. The first kappa shape index (κ1) is 25.2. The number of ether oxygens (including phenoxy) is 1. The van der Waals surface area contributed by atoms with Crippen molar-refractivity contribution in [1.29, 1.82) is 0 Å². The molecule has 0 radical (unpaired) electrons. The fraction of sp³-hybridized carbons (Fsp3) is 0.385. The summed E-state index contributed by atoms with van der Waals surface area (Å²) in [6.07, 6.45) is 5.12. The number of nitrogens with one attached hydrogen (secondary N) is 2. The number of thiazole rings is 1. The lowest BCUT2D eigenvalue weighted by Gasteiger charge is -2.14. The normalized spacial score (nSPS) is 14.2. The van der Waals surface area contributed by atoms with E-state index in [2.05, 4.69) is 15.0 Å². The maximum atomic E-state index is 13.3. The highest BCUT2D eigenvalue weighted by atomic mass is 32.2. The number of hydrogen-bond donors (Lipinski definition) is 2. The van der Waals surface area contributed by atoms with Gasteiger partial charge in [0, 0.05) is 12.1 Å². The molecule has 3 aromatic rings. The van der Waals surface area contributed by atoms with E-state index in [0.717, 1.165) is 34.5 Å². The molecule has 1 saturated carbocycles. The zero-order valence-electron chi connectivity index (χ0n) is 20.5. The number of aromatic nitrogens is 1. The van der Waals surface area contributed by atoms with Crippen LogP contribution < -0.4 is 14.8 Å². The fourth-order valence-electron chi connectivity index (χ4n) is 4.41. The van der Waals surface area contributed by atoms with E-state index in [1.54, 1.807) is 30.3 Å². The summed E-state index contributed by atoms with van der Waals surface area (Å²) in [5.74, 6) is 0.680. The lowest BCUT2D eigenvalue weighted by Crippen LogP contribution is -2.14. The largest absolute Gasteiger partial charge is 0.495 e. The predicted octanol–water partition coefficient (Wildman–Crippen LogP) is 6.06. The molecule has 1 heterocycles. The molecule has 0 saturated heterocycles. The average molecular weight is 514 g/mol. The van der Waals surface area contributed by atoms with Gasteiger partial charge in [-0.25, -0.2) is 13.4 Å². The summed E-state index contributed by atoms with van der Waals surface area (Å²) in [6, 6.07) is 10.5. The molecule has 0 spiro atoms. The Balaban J connectivity index is 1.59. The number of methoxy groups -OCH3 is 1. The van der Waals surface area contributed by atoms with E-state index >= 15 is 0 Å². The second kappa shape index (κ2) is 10.4. The molecule has 2 aromatic carbocycles. The number of anilines is 2. The Morgan fingerprint density at radius 3 is 2.51 bits per heavy atom. The van der Waals surface area contributed by atoms with Crippen LogP contribution >= 0.6 is 11.3 Å². The Morgan fingerprint density at radius 1 is 1.09 bits per heavy atom. The molecule has 0 bridgehead atoms. The number of carbonyl (C=O) groups is 1. The van der Waals surface area contributed by atoms with Crippen LogP contribution in [0.15, 0.2) is 41.3 Å². The topological polar surface area (TPSA) is 97.4 Å². The molecule has 2 N–H and O–H groups in total. The number of amides is 1. The molecule has 1 aliphatic carbocycles. The molecule has 1 amide bonds. The minimum Gasteiger partial charge on any atom is -0.495 e. The van der Waals surface area contributed by atoms with E-state index < -0.39 is 10.0 Å². The third kappa shape index (κ3) is 5.85. The minimum absolute atomic E-state index is 0.0206. The Morgan fingerprint density at radius 2 is 1.83 bits per heavy atom. The second-order valence-electron chi connectivity index (χ2n) is 9.11. The maximum absolute atomic E-state index is 13.3. The summed E-state index contributed by atoms with van der Waals surface area (Å²) in [6.45, 7) is 5.76. The SMILES string of the molecule is COc1ccc(-c2sc(NC(=O)CC3CCCC3)nc2C)cc1S(=O)(=O)Nc1ccc(C)c(C)c1. The van der Waals surface area contributed by atoms with Gasteiger partial charge in [0.25, 0.3) is 10.0 Å². The molecule has 0 atom stereocenters. The maximum Gasteiger partial charge on any atom is 0.265 e. The third-order valence-corrected chi connectivity index (χ3v) is 8.99. The quantitative estimate of drug-likeness (QED) is 0.381. The highest BCUT2D eigenvalue weighted by Gasteiger charge is 2.23. The third-order valence-electron chi connectivity index (χ3n) is 6.47. The smallest absolute Gasteiger partial charge is 0.265 e. The van der Waals surface area contributed by atoms with E-state index in [-0.39, 0.29) is 16.6 Å². The number of rotatable bonds is 8. The van der Waals surface area contributed by atoms with Crippen LogP contribution in [-0.2, 0) is 14.8 Å². The summed E-state index contributed by atoms with van der Waals surface area (Å²) in [4.78, 5) is 17.8. The van der Waals surface area contributed by atoms with Crippen molar-refractivity contribution in [3.63, 3.8) is 0 Å². The molecule has 0 unspecified atom stereocenters. The van der Waals surface area contributed by atoms with Crippen molar-refractivity contribution in [3.8, 4) is 16.2 Å². The van der Waals surface area contributed by atoms with Gasteiger partial charge in [-0.1, -0.05) is 30.2 Å². The van der Waals surface area contributed by atoms with Crippen molar-refractivity contribution < 1.29 is 17.9 Å². The molecule has 9 heteroatoms. The van der Waals surface area contributed by atoms with Crippen LogP contribution in [0, 0.1) is 26.7 Å². The summed E-state index contributed by atoms with van der Waals surface area (Å²) in [5, 5.41) is 3.45. The van der Waals surface area contributed by atoms with Crippen molar-refractivity contribution in [2.24, 2.45) is 5.92 Å². The standard InChI is InChI=1S/C26H31N3O4S2/c1-16-9-11-21(13-17(16)2)29-35(31,32)23-15-20(10-12-22(23)33-4)25-18(3)27-26(34-25)28-24(30)14-19-7-5-6-8-19/h9-13,15,19,29H,5-8,14H2,1-4H3,(H,27,28,30). The lowest BCUT2D eigenvalue weighted by atomic mass is 10.0. The van der Waals surface area contributed by atoms with Crippen LogP contribution in [0.2, 0.25) is 0 Å². The minimum atomic E-state index is -3.92. The fourth-order valence-corrected chi connectivity index (χ4v) is 6.63. The van der Waals surface area contributed by atoms with Gasteiger partial charge in [-0.05, 0) is 86.6 Å².